The van der Waals surface area contributed by atoms with Crippen molar-refractivity contribution in [2.24, 2.45) is 50.2 Å². The van der Waals surface area contributed by atoms with Crippen LogP contribution in [-0.4, -0.2) is 141 Å². The van der Waals surface area contributed by atoms with Crippen LogP contribution in [-0.2, 0) is 28.5 Å². The molecule has 0 radical (unpaired) electrons. The molecular formula is C43H70O14. The van der Waals surface area contributed by atoms with Crippen LogP contribution in [0, 0.1) is 50.2 Å². The van der Waals surface area contributed by atoms with Crippen LogP contribution < -0.4 is 0 Å². The molecule has 0 aromatic rings. The van der Waals surface area contributed by atoms with E-state index in [4.69, 9.17) is 23.7 Å². The van der Waals surface area contributed by atoms with E-state index in [0.717, 1.165) is 57.8 Å². The third kappa shape index (κ3) is 6.61. The van der Waals surface area contributed by atoms with Gasteiger partial charge in [-0.15, -0.1) is 0 Å². The van der Waals surface area contributed by atoms with Crippen molar-refractivity contribution in [2.45, 2.75) is 173 Å². The Morgan fingerprint density at radius 1 is 0.754 bits per heavy atom. The van der Waals surface area contributed by atoms with Crippen LogP contribution in [0.3, 0.4) is 0 Å². The number of fused-ring (bicyclic) bond motifs is 7. The maximum atomic E-state index is 13.6. The van der Waals surface area contributed by atoms with Crippen LogP contribution in [0.5, 0.6) is 0 Å². The zero-order chi connectivity index (χ0) is 41.7. The standard InChI is InChI=1S/C43H70O14/c1-38(2)14-16-43(37(52)53-7)17-15-41(5)22(23(43)18-38)8-9-27-39(3)12-11-28(40(4,21-45)26(39)10-13-42(27,41)6)57-36-34(51)32(49)30(47)25(56-36)20-54-35-33(50)31(48)29(46)24(19-44)55-35/h8,23-36,44-51H,9-21H2,1-7H3/t23-,24+,25+,26?,27+,28-,29-,30+,31-,32-,33+,34+,35-,36-,39-,40-,41+,42+,43-/m0/s1. The summed E-state index contributed by atoms with van der Waals surface area (Å²) < 4.78 is 29.2. The molecule has 8 N–H and O–H groups in total. The third-order valence-corrected chi connectivity index (χ3v) is 17.6. The second-order valence-corrected chi connectivity index (χ2v) is 20.7. The molecule has 0 amide bonds. The first-order valence-corrected chi connectivity index (χ1v) is 21.3. The number of methoxy groups -OCH3 is 1. The molecule has 6 fully saturated rings. The van der Waals surface area contributed by atoms with Gasteiger partial charge in [-0.25, -0.2) is 0 Å². The topological polar surface area (TPSA) is 225 Å². The van der Waals surface area contributed by atoms with Crippen LogP contribution in [0.2, 0.25) is 0 Å². The lowest BCUT2D eigenvalue weighted by Gasteiger charge is -2.71. The molecule has 0 bridgehead atoms. The van der Waals surface area contributed by atoms with Crippen molar-refractivity contribution in [2.75, 3.05) is 26.9 Å². The molecule has 1 unspecified atom stereocenters. The van der Waals surface area contributed by atoms with Gasteiger partial charge in [-0.05, 0) is 104 Å². The maximum Gasteiger partial charge on any atom is 0.312 e. The average Bonchev–Trinajstić information content (AvgIpc) is 3.18. The number of hydrogen-bond donors (Lipinski definition) is 8. The number of hydrogen-bond acceptors (Lipinski definition) is 14. The molecule has 14 nitrogen and oxygen atoms in total. The minimum absolute atomic E-state index is 0.0483. The Balaban J connectivity index is 1.10. The van der Waals surface area contributed by atoms with Crippen molar-refractivity contribution >= 4 is 5.97 Å². The molecule has 5 aliphatic carbocycles. The molecule has 0 aromatic heterocycles. The van der Waals surface area contributed by atoms with Gasteiger partial charge in [0.1, 0.15) is 48.8 Å². The lowest BCUT2D eigenvalue weighted by atomic mass is 9.33. The third-order valence-electron chi connectivity index (χ3n) is 17.6. The number of aliphatic hydroxyl groups is 8. The zero-order valence-corrected chi connectivity index (χ0v) is 34.9. The summed E-state index contributed by atoms with van der Waals surface area (Å²) in [6.07, 6.45) is -4.62. The van der Waals surface area contributed by atoms with Crippen molar-refractivity contribution in [1.82, 2.24) is 0 Å². The number of ether oxygens (including phenoxy) is 5. The fourth-order valence-corrected chi connectivity index (χ4v) is 13.8. The second-order valence-electron chi connectivity index (χ2n) is 20.7. The molecule has 2 aliphatic heterocycles. The number of aliphatic hydroxyl groups excluding tert-OH is 8. The lowest BCUT2D eigenvalue weighted by Crippen LogP contribution is -2.67. The maximum absolute atomic E-state index is 13.6. The summed E-state index contributed by atoms with van der Waals surface area (Å²) in [5, 5.41) is 84.5. The van der Waals surface area contributed by atoms with Crippen LogP contribution in [0.1, 0.15) is 106 Å². The molecule has 0 aromatic carbocycles. The van der Waals surface area contributed by atoms with Crippen LogP contribution >= 0.6 is 0 Å². The number of rotatable bonds is 8. The van der Waals surface area contributed by atoms with Gasteiger partial charge in [-0.1, -0.05) is 53.2 Å². The Kier molecular flexibility index (Phi) is 11.7. The quantitative estimate of drug-likeness (QED) is 0.0998. The highest BCUT2D eigenvalue weighted by Gasteiger charge is 2.70. The highest BCUT2D eigenvalue weighted by molar-refractivity contribution is 5.78. The summed E-state index contributed by atoms with van der Waals surface area (Å²) in [7, 11) is 1.53. The SMILES string of the molecule is COC(=O)[C@]12CCC(C)(C)C[C@H]1C1=CC[C@@H]3[C@@]4(C)CC[C@H](O[C@@H]5O[C@H](CO[C@H]6O[C@H](CO)[C@H](O)[C@H](O)[C@H]6O)[C@@H](O)[C@H](O)[C@H]5O)[C@@](C)(CO)C4CC[C@@]3(C)[C@]1(C)CC2. The van der Waals surface area contributed by atoms with Crippen molar-refractivity contribution < 1.29 is 69.3 Å². The van der Waals surface area contributed by atoms with Gasteiger partial charge in [0.2, 0.25) is 0 Å². The summed E-state index contributed by atoms with van der Waals surface area (Å²) in [4.78, 5) is 13.6. The van der Waals surface area contributed by atoms with Gasteiger partial charge in [0.05, 0.1) is 38.4 Å². The van der Waals surface area contributed by atoms with E-state index in [1.54, 1.807) is 0 Å². The van der Waals surface area contributed by atoms with Gasteiger partial charge in [0, 0.05) is 5.41 Å². The smallest absolute Gasteiger partial charge is 0.312 e. The Hall–Kier alpha value is -1.27. The van der Waals surface area contributed by atoms with E-state index in [-0.39, 0.29) is 46.1 Å². The van der Waals surface area contributed by atoms with E-state index >= 15 is 0 Å². The second kappa shape index (κ2) is 15.3. The number of esters is 1. The minimum atomic E-state index is -1.68. The molecule has 57 heavy (non-hydrogen) atoms. The molecular weight excluding hydrogens is 740 g/mol. The predicted molar refractivity (Wildman–Crippen MR) is 204 cm³/mol. The highest BCUT2D eigenvalue weighted by atomic mass is 16.7. The van der Waals surface area contributed by atoms with E-state index in [2.05, 4.69) is 40.7 Å². The summed E-state index contributed by atoms with van der Waals surface area (Å²) >= 11 is 0. The first-order chi connectivity index (χ1) is 26.7. The molecule has 7 aliphatic rings. The van der Waals surface area contributed by atoms with Gasteiger partial charge in [0.15, 0.2) is 12.6 Å². The Labute approximate surface area is 336 Å². The molecule has 0 spiro atoms. The monoisotopic (exact) mass is 810 g/mol. The molecule has 7 rings (SSSR count). The summed E-state index contributed by atoms with van der Waals surface area (Å²) in [6, 6.07) is 0. The Bertz CT molecular complexity index is 1520. The molecule has 2 heterocycles. The van der Waals surface area contributed by atoms with E-state index in [1.165, 1.54) is 12.7 Å². The van der Waals surface area contributed by atoms with Crippen LogP contribution in [0.4, 0.5) is 0 Å². The summed E-state index contributed by atoms with van der Waals surface area (Å²) in [6.45, 7) is 12.8. The van der Waals surface area contributed by atoms with E-state index in [9.17, 15) is 45.6 Å². The number of allylic oxidation sites excluding steroid dienone is 2. The minimum Gasteiger partial charge on any atom is -0.469 e. The fraction of sp³-hybridized carbons (Fsp3) is 0.930. The zero-order valence-electron chi connectivity index (χ0n) is 34.9. The summed E-state index contributed by atoms with van der Waals surface area (Å²) in [5.41, 5.74) is 0.0345. The first kappa shape index (κ1) is 43.8. The van der Waals surface area contributed by atoms with Crippen molar-refractivity contribution in [3.63, 3.8) is 0 Å². The normalized spacial score (nSPS) is 53.4. The Morgan fingerprint density at radius 2 is 1.39 bits per heavy atom. The molecule has 19 atom stereocenters. The fourth-order valence-electron chi connectivity index (χ4n) is 13.8. The van der Waals surface area contributed by atoms with Gasteiger partial charge in [0.25, 0.3) is 0 Å². The molecule has 326 valence electrons. The highest BCUT2D eigenvalue weighted by Crippen LogP contribution is 2.76. The molecule has 2 saturated heterocycles. The lowest BCUT2D eigenvalue weighted by molar-refractivity contribution is -0.347. The average molecular weight is 811 g/mol. The van der Waals surface area contributed by atoms with E-state index in [0.29, 0.717) is 12.3 Å². The Morgan fingerprint density at radius 3 is 2.04 bits per heavy atom. The van der Waals surface area contributed by atoms with Gasteiger partial charge < -0.3 is 64.5 Å². The number of carbonyl (C=O) groups is 1. The van der Waals surface area contributed by atoms with Gasteiger partial charge >= 0.3 is 5.97 Å². The van der Waals surface area contributed by atoms with E-state index < -0.39 is 91.6 Å². The van der Waals surface area contributed by atoms with Crippen LogP contribution in [0.25, 0.3) is 0 Å². The van der Waals surface area contributed by atoms with Gasteiger partial charge in [-0.3, -0.25) is 4.79 Å². The molecule has 14 heteroatoms. The van der Waals surface area contributed by atoms with Crippen molar-refractivity contribution in [1.29, 1.82) is 0 Å². The predicted octanol–water partition coefficient (Wildman–Crippen LogP) is 1.94. The van der Waals surface area contributed by atoms with Gasteiger partial charge in [-0.2, -0.15) is 0 Å². The van der Waals surface area contributed by atoms with E-state index in [1.807, 2.05) is 6.92 Å². The molecule has 4 saturated carbocycles. The van der Waals surface area contributed by atoms with Crippen molar-refractivity contribution in [3.05, 3.63) is 11.6 Å². The largest absolute Gasteiger partial charge is 0.469 e. The van der Waals surface area contributed by atoms with Crippen molar-refractivity contribution in [3.8, 4) is 0 Å². The summed E-state index contributed by atoms with van der Waals surface area (Å²) in [5.74, 6) is 0.444. The first-order valence-electron chi connectivity index (χ1n) is 21.3. The van der Waals surface area contributed by atoms with Crippen LogP contribution in [0.15, 0.2) is 11.6 Å². The number of carbonyl (C=O) groups excluding carboxylic acids is 1.